The number of hydrogen-bond donors (Lipinski definition) is 1. The molecule has 0 spiro atoms. The van der Waals surface area contributed by atoms with Gasteiger partial charge >= 0.3 is 0 Å². The van der Waals surface area contributed by atoms with E-state index in [0.717, 1.165) is 11.0 Å². The summed E-state index contributed by atoms with van der Waals surface area (Å²) >= 11 is 11.5. The summed E-state index contributed by atoms with van der Waals surface area (Å²) < 4.78 is 16.0. The van der Waals surface area contributed by atoms with Crippen LogP contribution < -0.4 is 0 Å². The van der Waals surface area contributed by atoms with Crippen molar-refractivity contribution in [1.82, 2.24) is 9.55 Å². The number of rotatable bonds is 1. The van der Waals surface area contributed by atoms with Crippen LogP contribution in [0.15, 0.2) is 36.4 Å². The maximum absolute atomic E-state index is 13.7. The predicted molar refractivity (Wildman–Crippen MR) is 78.2 cm³/mol. The topological polar surface area (TPSA) is 20.7 Å². The molecule has 2 aromatic carbocycles. The van der Waals surface area contributed by atoms with E-state index < -0.39 is 0 Å². The lowest BCUT2D eigenvalue weighted by atomic mass is 10.2. The van der Waals surface area contributed by atoms with Gasteiger partial charge in [0.25, 0.3) is 0 Å². The largest absolute Gasteiger partial charge is 0.330 e. The smallest absolute Gasteiger partial charge is 0.182 e. The molecule has 0 aliphatic carbocycles. The normalized spacial score (nSPS) is 11.1. The Morgan fingerprint density at radius 1 is 1.26 bits per heavy atom. The van der Waals surface area contributed by atoms with Crippen LogP contribution in [0.4, 0.5) is 4.39 Å². The van der Waals surface area contributed by atoms with Gasteiger partial charge in [-0.2, -0.15) is 0 Å². The summed E-state index contributed by atoms with van der Waals surface area (Å²) in [6.07, 6.45) is 0. The minimum absolute atomic E-state index is 0.263. The molecule has 2 nitrogen and oxygen atoms in total. The van der Waals surface area contributed by atoms with Crippen molar-refractivity contribution in [2.24, 2.45) is 0 Å². The van der Waals surface area contributed by atoms with E-state index >= 15 is 0 Å². The van der Waals surface area contributed by atoms with Crippen molar-refractivity contribution in [2.75, 3.05) is 0 Å². The number of imidazole rings is 1. The summed E-state index contributed by atoms with van der Waals surface area (Å²) in [6, 6.07) is 10.5. The number of nitrogens with zero attached hydrogens (tertiary/aromatic N) is 1. The zero-order chi connectivity index (χ0) is 13.6. The Hall–Kier alpha value is -1.65. The van der Waals surface area contributed by atoms with Crippen LogP contribution in [0.2, 0.25) is 5.02 Å². The summed E-state index contributed by atoms with van der Waals surface area (Å²) in [5, 5.41) is 0.575. The highest BCUT2D eigenvalue weighted by molar-refractivity contribution is 7.71. The van der Waals surface area contributed by atoms with Crippen LogP contribution in [0.3, 0.4) is 0 Å². The highest BCUT2D eigenvalue weighted by Crippen LogP contribution is 2.27. The summed E-state index contributed by atoms with van der Waals surface area (Å²) in [4.78, 5) is 3.07. The molecule has 96 valence electrons. The number of fused-ring (bicyclic) bond motifs is 1. The molecule has 1 aromatic heterocycles. The molecule has 0 aliphatic heterocycles. The molecule has 0 saturated heterocycles. The second kappa shape index (κ2) is 4.47. The molecule has 3 rings (SSSR count). The van der Waals surface area contributed by atoms with Gasteiger partial charge in [-0.1, -0.05) is 23.7 Å². The number of aromatic nitrogens is 2. The van der Waals surface area contributed by atoms with E-state index in [9.17, 15) is 4.39 Å². The predicted octanol–water partition coefficient (Wildman–Crippen LogP) is 4.79. The molecule has 0 bridgehead atoms. The first-order valence-corrected chi connectivity index (χ1v) is 6.52. The highest BCUT2D eigenvalue weighted by atomic mass is 35.5. The number of nitrogens with one attached hydrogen (secondary N) is 1. The molecule has 0 unspecified atom stereocenters. The Kier molecular flexibility index (Phi) is 2.92. The molecule has 0 fully saturated rings. The number of aromatic amines is 1. The fraction of sp³-hybridized carbons (Fsp3) is 0.0714. The van der Waals surface area contributed by atoms with Crippen molar-refractivity contribution < 1.29 is 4.39 Å². The van der Waals surface area contributed by atoms with E-state index in [0.29, 0.717) is 21.0 Å². The zero-order valence-corrected chi connectivity index (χ0v) is 11.6. The molecule has 1 N–H and O–H groups in total. The minimum atomic E-state index is -0.263. The fourth-order valence-corrected chi connectivity index (χ4v) is 2.65. The van der Waals surface area contributed by atoms with Crippen molar-refractivity contribution in [3.8, 4) is 5.69 Å². The minimum Gasteiger partial charge on any atom is -0.330 e. The van der Waals surface area contributed by atoms with Gasteiger partial charge in [0.15, 0.2) is 4.77 Å². The zero-order valence-electron chi connectivity index (χ0n) is 10.1. The van der Waals surface area contributed by atoms with Crippen molar-refractivity contribution in [3.63, 3.8) is 0 Å². The Labute approximate surface area is 119 Å². The first-order valence-electron chi connectivity index (χ1n) is 5.73. The number of hydrogen-bond acceptors (Lipinski definition) is 1. The first kappa shape index (κ1) is 12.4. The van der Waals surface area contributed by atoms with Gasteiger partial charge in [-0.15, -0.1) is 0 Å². The van der Waals surface area contributed by atoms with Crippen LogP contribution in [-0.2, 0) is 0 Å². The quantitative estimate of drug-likeness (QED) is 0.640. The van der Waals surface area contributed by atoms with E-state index in [1.54, 1.807) is 23.6 Å². The number of halogens is 2. The lowest BCUT2D eigenvalue weighted by molar-refractivity contribution is 0.617. The number of benzene rings is 2. The van der Waals surface area contributed by atoms with Gasteiger partial charge in [-0.25, -0.2) is 4.39 Å². The van der Waals surface area contributed by atoms with Gasteiger partial charge in [0, 0.05) is 0 Å². The van der Waals surface area contributed by atoms with E-state index in [1.807, 2.05) is 18.2 Å². The fourth-order valence-electron chi connectivity index (χ4n) is 2.08. The molecular formula is C14H10ClFN2S. The second-order valence-electron chi connectivity index (χ2n) is 4.34. The second-order valence-corrected chi connectivity index (χ2v) is 5.13. The van der Waals surface area contributed by atoms with Gasteiger partial charge in [0.05, 0.1) is 21.7 Å². The maximum atomic E-state index is 13.7. The van der Waals surface area contributed by atoms with Crippen LogP contribution >= 0.6 is 23.8 Å². The molecule has 0 amide bonds. The average molecular weight is 293 g/mol. The lowest BCUT2D eigenvalue weighted by Crippen LogP contribution is -1.96. The van der Waals surface area contributed by atoms with E-state index in [1.165, 1.54) is 6.07 Å². The van der Waals surface area contributed by atoms with Crippen LogP contribution in [-0.4, -0.2) is 9.55 Å². The van der Waals surface area contributed by atoms with Crippen molar-refractivity contribution in [1.29, 1.82) is 0 Å². The van der Waals surface area contributed by atoms with Crippen molar-refractivity contribution >= 4 is 34.9 Å². The van der Waals surface area contributed by atoms with Crippen LogP contribution in [0.1, 0.15) is 5.56 Å². The third kappa shape index (κ3) is 1.97. The Morgan fingerprint density at radius 2 is 2.05 bits per heavy atom. The Morgan fingerprint density at radius 3 is 2.79 bits per heavy atom. The van der Waals surface area contributed by atoms with Gasteiger partial charge in [0.1, 0.15) is 5.82 Å². The Bertz CT molecular complexity index is 835. The summed E-state index contributed by atoms with van der Waals surface area (Å²) in [6.45, 7) is 1.72. The first-order chi connectivity index (χ1) is 9.08. The average Bonchev–Trinajstić information content (AvgIpc) is 2.70. The summed E-state index contributed by atoms with van der Waals surface area (Å²) in [5.41, 5.74) is 2.85. The van der Waals surface area contributed by atoms with Gasteiger partial charge < -0.3 is 4.98 Å². The number of para-hydroxylation sites is 1. The molecule has 0 radical (unpaired) electrons. The third-order valence-electron chi connectivity index (χ3n) is 3.07. The maximum Gasteiger partial charge on any atom is 0.182 e. The van der Waals surface area contributed by atoms with Gasteiger partial charge in [0.2, 0.25) is 0 Å². The molecule has 3 aromatic rings. The van der Waals surface area contributed by atoms with E-state index in [-0.39, 0.29) is 5.82 Å². The van der Waals surface area contributed by atoms with Crippen molar-refractivity contribution in [2.45, 2.75) is 6.92 Å². The molecule has 19 heavy (non-hydrogen) atoms. The van der Waals surface area contributed by atoms with Crippen LogP contribution in [0.25, 0.3) is 16.7 Å². The molecule has 5 heteroatoms. The van der Waals surface area contributed by atoms with Gasteiger partial charge in [-0.05, 0) is 49.0 Å². The lowest BCUT2D eigenvalue weighted by Gasteiger charge is -2.07. The molecule has 0 aliphatic rings. The van der Waals surface area contributed by atoms with Crippen molar-refractivity contribution in [3.05, 3.63) is 57.6 Å². The van der Waals surface area contributed by atoms with Gasteiger partial charge in [-0.3, -0.25) is 4.57 Å². The Balaban J connectivity index is 2.39. The summed E-state index contributed by atoms with van der Waals surface area (Å²) in [7, 11) is 0. The molecule has 0 atom stereocenters. The summed E-state index contributed by atoms with van der Waals surface area (Å²) in [5.74, 6) is -0.263. The monoisotopic (exact) mass is 292 g/mol. The SMILES string of the molecule is Cc1ccc(-n2c(=S)[nH]c3cccc(Cl)c32)cc1F. The van der Waals surface area contributed by atoms with Crippen LogP contribution in [0.5, 0.6) is 0 Å². The number of H-pyrrole nitrogens is 1. The third-order valence-corrected chi connectivity index (χ3v) is 3.66. The van der Waals surface area contributed by atoms with Crippen LogP contribution in [0, 0.1) is 17.5 Å². The molecule has 0 saturated carbocycles. The van der Waals surface area contributed by atoms with E-state index in [2.05, 4.69) is 4.98 Å². The van der Waals surface area contributed by atoms with E-state index in [4.69, 9.17) is 23.8 Å². The highest BCUT2D eigenvalue weighted by Gasteiger charge is 2.10. The molecule has 1 heterocycles. The standard InChI is InChI=1S/C14H10ClFN2S/c1-8-5-6-9(7-11(8)16)18-13-10(15)3-2-4-12(13)17-14(18)19/h2-7H,1H3,(H,17,19). The molecular weight excluding hydrogens is 283 g/mol. The number of aryl methyl sites for hydroxylation is 1.